The monoisotopic (exact) mass is 250 g/mol. The second-order valence-corrected chi connectivity index (χ2v) is 4.97. The number of hydrogen-bond acceptors (Lipinski definition) is 5. The SMILES string of the molecule is CN(Cc1ccnc(NN)c1)CC1CCCOC1. The molecule has 0 amide bonds. The van der Waals surface area contributed by atoms with Crippen LogP contribution in [0.25, 0.3) is 0 Å². The van der Waals surface area contributed by atoms with E-state index in [1.165, 1.54) is 18.4 Å². The number of pyridine rings is 1. The predicted molar refractivity (Wildman–Crippen MR) is 71.9 cm³/mol. The first-order chi connectivity index (χ1) is 8.78. The van der Waals surface area contributed by atoms with E-state index in [0.717, 1.165) is 26.3 Å². The van der Waals surface area contributed by atoms with E-state index < -0.39 is 0 Å². The van der Waals surface area contributed by atoms with Crippen molar-refractivity contribution in [2.45, 2.75) is 19.4 Å². The fourth-order valence-corrected chi connectivity index (χ4v) is 2.42. The lowest BCUT2D eigenvalue weighted by atomic mass is 10.0. The van der Waals surface area contributed by atoms with Crippen LogP contribution in [0, 0.1) is 5.92 Å². The third-order valence-corrected chi connectivity index (χ3v) is 3.25. The molecule has 1 aliphatic rings. The van der Waals surface area contributed by atoms with Gasteiger partial charge in [-0.1, -0.05) is 0 Å². The van der Waals surface area contributed by atoms with Crippen LogP contribution in [0.2, 0.25) is 0 Å². The molecule has 18 heavy (non-hydrogen) atoms. The first-order valence-corrected chi connectivity index (χ1v) is 6.46. The van der Waals surface area contributed by atoms with Crippen molar-refractivity contribution >= 4 is 5.82 Å². The van der Waals surface area contributed by atoms with Crippen LogP contribution in [0.5, 0.6) is 0 Å². The Bertz CT molecular complexity index is 366. The van der Waals surface area contributed by atoms with Crippen molar-refractivity contribution in [3.63, 3.8) is 0 Å². The molecule has 1 aliphatic heterocycles. The average Bonchev–Trinajstić information content (AvgIpc) is 2.40. The molecule has 2 heterocycles. The third-order valence-electron chi connectivity index (χ3n) is 3.25. The number of nitrogens with two attached hydrogens (primary N) is 1. The van der Waals surface area contributed by atoms with E-state index >= 15 is 0 Å². The van der Waals surface area contributed by atoms with Crippen molar-refractivity contribution in [1.82, 2.24) is 9.88 Å². The summed E-state index contributed by atoms with van der Waals surface area (Å²) in [5, 5.41) is 0. The maximum Gasteiger partial charge on any atom is 0.140 e. The van der Waals surface area contributed by atoms with Crippen molar-refractivity contribution in [3.05, 3.63) is 23.9 Å². The molecule has 1 fully saturated rings. The van der Waals surface area contributed by atoms with Gasteiger partial charge in [0.1, 0.15) is 5.82 Å². The molecule has 1 atom stereocenters. The highest BCUT2D eigenvalue weighted by atomic mass is 16.5. The Kier molecular flexibility index (Phi) is 4.92. The van der Waals surface area contributed by atoms with Gasteiger partial charge < -0.3 is 15.1 Å². The minimum atomic E-state index is 0.665. The summed E-state index contributed by atoms with van der Waals surface area (Å²) < 4.78 is 5.51. The van der Waals surface area contributed by atoms with Crippen LogP contribution in [0.4, 0.5) is 5.82 Å². The Hall–Kier alpha value is -1.17. The lowest BCUT2D eigenvalue weighted by Crippen LogP contribution is -2.30. The molecule has 1 saturated heterocycles. The number of anilines is 1. The van der Waals surface area contributed by atoms with Crippen molar-refractivity contribution in [2.24, 2.45) is 11.8 Å². The maximum absolute atomic E-state index is 5.51. The lowest BCUT2D eigenvalue weighted by molar-refractivity contribution is 0.0411. The molecule has 0 radical (unpaired) electrons. The van der Waals surface area contributed by atoms with E-state index in [9.17, 15) is 0 Å². The van der Waals surface area contributed by atoms with Crippen LogP contribution in [0.1, 0.15) is 18.4 Å². The summed E-state index contributed by atoms with van der Waals surface area (Å²) >= 11 is 0. The van der Waals surface area contributed by atoms with Crippen LogP contribution in [0.15, 0.2) is 18.3 Å². The van der Waals surface area contributed by atoms with Crippen LogP contribution < -0.4 is 11.3 Å². The summed E-state index contributed by atoms with van der Waals surface area (Å²) in [6.45, 7) is 3.81. The first-order valence-electron chi connectivity index (χ1n) is 6.46. The minimum absolute atomic E-state index is 0.665. The zero-order valence-corrected chi connectivity index (χ0v) is 10.9. The highest BCUT2D eigenvalue weighted by Crippen LogP contribution is 2.16. The minimum Gasteiger partial charge on any atom is -0.381 e. The average molecular weight is 250 g/mol. The van der Waals surface area contributed by atoms with Crippen LogP contribution >= 0.6 is 0 Å². The van der Waals surface area contributed by atoms with E-state index in [0.29, 0.717) is 11.7 Å². The van der Waals surface area contributed by atoms with Crippen molar-refractivity contribution in [3.8, 4) is 0 Å². The van der Waals surface area contributed by atoms with Gasteiger partial charge in [0.25, 0.3) is 0 Å². The highest BCUT2D eigenvalue weighted by Gasteiger charge is 2.15. The molecule has 1 aromatic rings. The number of nitrogens with one attached hydrogen (secondary N) is 1. The van der Waals surface area contributed by atoms with E-state index in [1.54, 1.807) is 6.20 Å². The second-order valence-electron chi connectivity index (χ2n) is 4.97. The molecule has 5 heteroatoms. The number of nitrogens with zero attached hydrogens (tertiary/aromatic N) is 2. The summed E-state index contributed by atoms with van der Waals surface area (Å²) in [4.78, 5) is 6.43. The topological polar surface area (TPSA) is 63.4 Å². The molecule has 100 valence electrons. The molecule has 3 N–H and O–H groups in total. The van der Waals surface area contributed by atoms with Gasteiger partial charge >= 0.3 is 0 Å². The zero-order chi connectivity index (χ0) is 12.8. The van der Waals surface area contributed by atoms with E-state index in [-0.39, 0.29) is 0 Å². The number of aromatic nitrogens is 1. The van der Waals surface area contributed by atoms with E-state index in [1.807, 2.05) is 12.1 Å². The van der Waals surface area contributed by atoms with Gasteiger partial charge in [-0.3, -0.25) is 0 Å². The van der Waals surface area contributed by atoms with Crippen LogP contribution in [-0.2, 0) is 11.3 Å². The predicted octanol–water partition coefficient (Wildman–Crippen LogP) is 1.23. The molecule has 0 aliphatic carbocycles. The summed E-state index contributed by atoms with van der Waals surface area (Å²) in [6.07, 6.45) is 4.24. The molecular weight excluding hydrogens is 228 g/mol. The molecule has 2 rings (SSSR count). The quantitative estimate of drug-likeness (QED) is 0.608. The summed E-state index contributed by atoms with van der Waals surface area (Å²) in [7, 11) is 2.14. The fourth-order valence-electron chi connectivity index (χ4n) is 2.42. The van der Waals surface area contributed by atoms with Gasteiger partial charge in [0.2, 0.25) is 0 Å². The first kappa shape index (κ1) is 13.3. The highest BCUT2D eigenvalue weighted by molar-refractivity contribution is 5.35. The third kappa shape index (κ3) is 3.94. The van der Waals surface area contributed by atoms with Crippen LogP contribution in [-0.4, -0.2) is 36.7 Å². The van der Waals surface area contributed by atoms with Gasteiger partial charge in [0.05, 0.1) is 6.61 Å². The Morgan fingerprint density at radius 2 is 2.50 bits per heavy atom. The summed E-state index contributed by atoms with van der Waals surface area (Å²) in [6, 6.07) is 4.00. The summed E-state index contributed by atoms with van der Waals surface area (Å²) in [5.41, 5.74) is 3.79. The van der Waals surface area contributed by atoms with Crippen molar-refractivity contribution in [1.29, 1.82) is 0 Å². The van der Waals surface area contributed by atoms with Gasteiger partial charge in [0, 0.05) is 25.9 Å². The smallest absolute Gasteiger partial charge is 0.140 e. The van der Waals surface area contributed by atoms with Gasteiger partial charge in [-0.25, -0.2) is 10.8 Å². The lowest BCUT2D eigenvalue weighted by Gasteiger charge is -2.27. The largest absolute Gasteiger partial charge is 0.381 e. The molecule has 0 saturated carbocycles. The van der Waals surface area contributed by atoms with Crippen LogP contribution in [0.3, 0.4) is 0 Å². The van der Waals surface area contributed by atoms with Gasteiger partial charge in [-0.05, 0) is 43.5 Å². The second kappa shape index (κ2) is 6.68. The molecule has 0 spiro atoms. The van der Waals surface area contributed by atoms with Gasteiger partial charge in [-0.15, -0.1) is 0 Å². The molecule has 0 aromatic carbocycles. The Morgan fingerprint density at radius 3 is 3.22 bits per heavy atom. The maximum atomic E-state index is 5.51. The van der Waals surface area contributed by atoms with E-state index in [4.69, 9.17) is 10.6 Å². The normalized spacial score (nSPS) is 20.1. The number of nitrogen functional groups attached to an aromatic ring is 1. The zero-order valence-electron chi connectivity index (χ0n) is 10.9. The number of ether oxygens (including phenoxy) is 1. The van der Waals surface area contributed by atoms with Gasteiger partial charge in [0.15, 0.2) is 0 Å². The standard InChI is InChI=1S/C13H22N4O/c1-17(9-12-3-2-6-18-10-12)8-11-4-5-15-13(7-11)16-14/h4-5,7,12H,2-3,6,8-10,14H2,1H3,(H,15,16). The molecular formula is C13H22N4O. The van der Waals surface area contributed by atoms with Crippen molar-refractivity contribution < 1.29 is 4.74 Å². The Labute approximate surface area is 108 Å². The Balaban J connectivity index is 1.83. The fraction of sp³-hybridized carbons (Fsp3) is 0.615. The number of hydrazine groups is 1. The number of rotatable bonds is 5. The molecule has 5 nitrogen and oxygen atoms in total. The van der Waals surface area contributed by atoms with E-state index in [2.05, 4.69) is 22.4 Å². The number of hydrogen-bond donors (Lipinski definition) is 2. The summed E-state index contributed by atoms with van der Waals surface area (Å²) in [5.74, 6) is 6.73. The van der Waals surface area contributed by atoms with Gasteiger partial charge in [-0.2, -0.15) is 0 Å². The molecule has 0 bridgehead atoms. The molecule has 1 unspecified atom stereocenters. The Morgan fingerprint density at radius 1 is 1.61 bits per heavy atom. The van der Waals surface area contributed by atoms with Crippen molar-refractivity contribution in [2.75, 3.05) is 32.2 Å². The molecule has 1 aromatic heterocycles.